The molecule has 0 saturated carbocycles. The smallest absolute Gasteiger partial charge is 0.231 e. The lowest BCUT2D eigenvalue weighted by Crippen LogP contribution is -1.93. The Hall–Kier alpha value is -1.33. The predicted molar refractivity (Wildman–Crippen MR) is 81.5 cm³/mol. The number of fused-ring (bicyclic) bond motifs is 1. The van der Waals surface area contributed by atoms with Gasteiger partial charge in [0.25, 0.3) is 0 Å². The van der Waals surface area contributed by atoms with Crippen molar-refractivity contribution in [2.24, 2.45) is 0 Å². The number of rotatable bonds is 7. The highest BCUT2D eigenvalue weighted by Gasteiger charge is 2.19. The molecule has 0 fully saturated rings. The first-order chi connectivity index (χ1) is 9.78. The van der Waals surface area contributed by atoms with E-state index in [0.29, 0.717) is 17.2 Å². The molecule has 0 saturated heterocycles. The van der Waals surface area contributed by atoms with Crippen molar-refractivity contribution in [3.8, 4) is 17.2 Å². The minimum Gasteiger partial charge on any atom is -0.493 e. The van der Waals surface area contributed by atoms with Crippen molar-refractivity contribution < 1.29 is 19.3 Å². The molecular weight excluding hydrogens is 276 g/mol. The quantitative estimate of drug-likeness (QED) is 0.782. The average Bonchev–Trinajstić information content (AvgIpc) is 2.93. The summed E-state index contributed by atoms with van der Waals surface area (Å²) < 4.78 is 16.1. The Balaban J connectivity index is 2.19. The monoisotopic (exact) mass is 296 g/mol. The summed E-state index contributed by atoms with van der Waals surface area (Å²) in [6, 6.07) is 3.80. The molecular formula is C15H20O4S. The first-order valence-corrected chi connectivity index (χ1v) is 7.69. The molecule has 0 aromatic heterocycles. The maximum atomic E-state index is 9.43. The minimum absolute atomic E-state index is 0.0468. The zero-order valence-corrected chi connectivity index (χ0v) is 12.7. The second-order valence-corrected chi connectivity index (χ2v) is 5.65. The summed E-state index contributed by atoms with van der Waals surface area (Å²) in [5.41, 5.74) is 0.944. The van der Waals surface area contributed by atoms with E-state index < -0.39 is 0 Å². The van der Waals surface area contributed by atoms with Crippen LogP contribution in [0.3, 0.4) is 0 Å². The molecule has 0 bridgehead atoms. The van der Waals surface area contributed by atoms with Crippen molar-refractivity contribution in [1.82, 2.24) is 0 Å². The molecule has 1 aromatic rings. The molecule has 0 aliphatic carbocycles. The fourth-order valence-electron chi connectivity index (χ4n) is 1.90. The van der Waals surface area contributed by atoms with Gasteiger partial charge in [0.2, 0.25) is 12.5 Å². The van der Waals surface area contributed by atoms with Crippen molar-refractivity contribution in [3.63, 3.8) is 0 Å². The number of ether oxygens (including phenoxy) is 3. The molecule has 1 heterocycles. The van der Waals surface area contributed by atoms with E-state index in [-0.39, 0.29) is 13.4 Å². The predicted octanol–water partition coefficient (Wildman–Crippen LogP) is 3.29. The lowest BCUT2D eigenvalue weighted by Gasteiger charge is -2.08. The number of benzene rings is 1. The molecule has 1 aliphatic heterocycles. The molecule has 20 heavy (non-hydrogen) atoms. The largest absolute Gasteiger partial charge is 0.493 e. The summed E-state index contributed by atoms with van der Waals surface area (Å²) in [4.78, 5) is 0.944. The van der Waals surface area contributed by atoms with Gasteiger partial charge in [-0.1, -0.05) is 13.3 Å². The van der Waals surface area contributed by atoms with Crippen LogP contribution in [0, 0.1) is 0 Å². The van der Waals surface area contributed by atoms with Crippen LogP contribution in [0.15, 0.2) is 17.0 Å². The van der Waals surface area contributed by atoms with E-state index in [2.05, 4.69) is 6.92 Å². The van der Waals surface area contributed by atoms with E-state index >= 15 is 0 Å². The van der Waals surface area contributed by atoms with Gasteiger partial charge in [-0.15, -0.1) is 11.8 Å². The van der Waals surface area contributed by atoms with E-state index in [1.54, 1.807) is 18.9 Å². The van der Waals surface area contributed by atoms with Crippen LogP contribution in [0.1, 0.15) is 25.3 Å². The van der Waals surface area contributed by atoms with Crippen LogP contribution in [-0.2, 0) is 0 Å². The number of thioether (sulfide) groups is 1. The standard InChI is InChI=1S/C15H20O4S/c1-3-4-5-20-12(9-16)6-11-7-13(17-2)15-14(8-11)18-10-19-15/h6-8,16H,3-5,9-10H2,1-2H3/b12-6-. The molecule has 1 aromatic carbocycles. The first-order valence-electron chi connectivity index (χ1n) is 6.70. The molecule has 2 rings (SSSR count). The maximum absolute atomic E-state index is 9.43. The SMILES string of the molecule is CCCCS/C(=C\c1cc(OC)c2c(c1)OCO2)CO. The summed E-state index contributed by atoms with van der Waals surface area (Å²) >= 11 is 1.69. The van der Waals surface area contributed by atoms with Crippen LogP contribution >= 0.6 is 11.8 Å². The Morgan fingerprint density at radius 3 is 3.00 bits per heavy atom. The Bertz CT molecular complexity index is 485. The molecule has 0 unspecified atom stereocenters. The molecule has 0 amide bonds. The average molecular weight is 296 g/mol. The minimum atomic E-state index is 0.0468. The summed E-state index contributed by atoms with van der Waals surface area (Å²) in [7, 11) is 1.60. The Kier molecular flexibility index (Phi) is 5.61. The highest BCUT2D eigenvalue weighted by atomic mass is 32.2. The number of hydrogen-bond acceptors (Lipinski definition) is 5. The number of aliphatic hydroxyl groups is 1. The summed E-state index contributed by atoms with van der Waals surface area (Å²) in [6.07, 6.45) is 4.26. The highest BCUT2D eigenvalue weighted by molar-refractivity contribution is 8.03. The van der Waals surface area contributed by atoms with E-state index in [4.69, 9.17) is 14.2 Å². The van der Waals surface area contributed by atoms with Crippen molar-refractivity contribution in [2.75, 3.05) is 26.3 Å². The first kappa shape index (κ1) is 15.1. The molecule has 0 spiro atoms. The molecule has 1 aliphatic rings. The number of unbranched alkanes of at least 4 members (excludes halogenated alkanes) is 1. The van der Waals surface area contributed by atoms with Crippen LogP contribution in [0.4, 0.5) is 0 Å². The lowest BCUT2D eigenvalue weighted by molar-refractivity contribution is 0.171. The van der Waals surface area contributed by atoms with Crippen LogP contribution in [0.5, 0.6) is 17.2 Å². The van der Waals surface area contributed by atoms with Gasteiger partial charge in [0, 0.05) is 4.91 Å². The molecule has 0 atom stereocenters. The number of methoxy groups -OCH3 is 1. The molecule has 5 heteroatoms. The van der Waals surface area contributed by atoms with Crippen LogP contribution < -0.4 is 14.2 Å². The number of aliphatic hydroxyl groups excluding tert-OH is 1. The topological polar surface area (TPSA) is 47.9 Å². The van der Waals surface area contributed by atoms with Gasteiger partial charge in [-0.3, -0.25) is 0 Å². The Morgan fingerprint density at radius 2 is 2.30 bits per heavy atom. The number of hydrogen-bond donors (Lipinski definition) is 1. The third-order valence-electron chi connectivity index (χ3n) is 2.95. The van der Waals surface area contributed by atoms with Crippen LogP contribution in [-0.4, -0.2) is 31.4 Å². The van der Waals surface area contributed by atoms with E-state index in [0.717, 1.165) is 29.1 Å². The maximum Gasteiger partial charge on any atom is 0.231 e. The zero-order chi connectivity index (χ0) is 14.4. The van der Waals surface area contributed by atoms with Gasteiger partial charge in [0.05, 0.1) is 13.7 Å². The molecule has 4 nitrogen and oxygen atoms in total. The van der Waals surface area contributed by atoms with Gasteiger partial charge >= 0.3 is 0 Å². The summed E-state index contributed by atoms with van der Waals surface area (Å²) in [5, 5.41) is 9.43. The zero-order valence-electron chi connectivity index (χ0n) is 11.8. The fourth-order valence-corrected chi connectivity index (χ4v) is 2.91. The van der Waals surface area contributed by atoms with E-state index in [1.807, 2.05) is 18.2 Å². The van der Waals surface area contributed by atoms with Gasteiger partial charge in [0.1, 0.15) is 0 Å². The van der Waals surface area contributed by atoms with Gasteiger partial charge in [-0.2, -0.15) is 0 Å². The fraction of sp³-hybridized carbons (Fsp3) is 0.467. The molecule has 0 radical (unpaired) electrons. The van der Waals surface area contributed by atoms with Gasteiger partial charge in [0.15, 0.2) is 11.5 Å². The second-order valence-electron chi connectivity index (χ2n) is 4.43. The van der Waals surface area contributed by atoms with Crippen molar-refractivity contribution in [3.05, 3.63) is 22.6 Å². The van der Waals surface area contributed by atoms with Crippen LogP contribution in [0.2, 0.25) is 0 Å². The van der Waals surface area contributed by atoms with Crippen LogP contribution in [0.25, 0.3) is 6.08 Å². The molecule has 110 valence electrons. The van der Waals surface area contributed by atoms with Gasteiger partial charge < -0.3 is 19.3 Å². The van der Waals surface area contributed by atoms with Gasteiger partial charge in [-0.05, 0) is 35.9 Å². The van der Waals surface area contributed by atoms with Gasteiger partial charge in [-0.25, -0.2) is 0 Å². The summed E-state index contributed by atoms with van der Waals surface area (Å²) in [5.74, 6) is 3.01. The molecule has 1 N–H and O–H groups in total. The Morgan fingerprint density at radius 1 is 1.45 bits per heavy atom. The van der Waals surface area contributed by atoms with Crippen molar-refractivity contribution >= 4 is 17.8 Å². The summed E-state index contributed by atoms with van der Waals surface area (Å²) in [6.45, 7) is 2.42. The lowest BCUT2D eigenvalue weighted by atomic mass is 10.1. The third-order valence-corrected chi connectivity index (χ3v) is 4.06. The normalized spacial score (nSPS) is 13.7. The Labute approximate surface area is 123 Å². The third kappa shape index (κ3) is 3.61. The van der Waals surface area contributed by atoms with Crippen molar-refractivity contribution in [1.29, 1.82) is 0 Å². The highest BCUT2D eigenvalue weighted by Crippen LogP contribution is 2.42. The van der Waals surface area contributed by atoms with Crippen molar-refractivity contribution in [2.45, 2.75) is 19.8 Å². The van der Waals surface area contributed by atoms with E-state index in [9.17, 15) is 5.11 Å². The second kappa shape index (κ2) is 7.45. The van der Waals surface area contributed by atoms with E-state index in [1.165, 1.54) is 0 Å².